The Morgan fingerprint density at radius 1 is 1.53 bits per heavy atom. The Morgan fingerprint density at radius 3 is 2.60 bits per heavy atom. The summed E-state index contributed by atoms with van der Waals surface area (Å²) < 4.78 is 26.6. The first-order chi connectivity index (χ1) is 6.92. The molecule has 0 saturated carbocycles. The fourth-order valence-electron chi connectivity index (χ4n) is 1.08. The van der Waals surface area contributed by atoms with Crippen molar-refractivity contribution < 1.29 is 13.2 Å². The summed E-state index contributed by atoms with van der Waals surface area (Å²) >= 11 is 0. The minimum Gasteiger partial charge on any atom is -0.375 e. The van der Waals surface area contributed by atoms with Crippen LogP contribution in [0.5, 0.6) is 0 Å². The fourth-order valence-corrected chi connectivity index (χ4v) is 2.03. The molecule has 84 valence electrons. The van der Waals surface area contributed by atoms with Crippen LogP contribution in [0.2, 0.25) is 0 Å². The Hall–Kier alpha value is -0.650. The molecule has 15 heavy (non-hydrogen) atoms. The number of nitrogens with zero attached hydrogens (tertiary/aromatic N) is 1. The van der Waals surface area contributed by atoms with E-state index >= 15 is 0 Å². The lowest BCUT2D eigenvalue weighted by Crippen LogP contribution is -2.01. The lowest BCUT2D eigenvalue weighted by molar-refractivity contribution is 0.116. The molecular weight excluding hydrogens is 238 g/mol. The summed E-state index contributed by atoms with van der Waals surface area (Å²) in [6.45, 7) is 1.86. The van der Waals surface area contributed by atoms with E-state index in [4.69, 9.17) is 15.4 Å². The Balaban J connectivity index is 2.81. The molecule has 0 N–H and O–H groups in total. The number of aromatic nitrogens is 1. The highest BCUT2D eigenvalue weighted by molar-refractivity contribution is 8.13. The molecule has 1 unspecified atom stereocenters. The third kappa shape index (κ3) is 4.15. The van der Waals surface area contributed by atoms with E-state index in [-0.39, 0.29) is 11.9 Å². The van der Waals surface area contributed by atoms with Crippen LogP contribution in [0.25, 0.3) is 0 Å². The second-order valence-corrected chi connectivity index (χ2v) is 5.93. The van der Waals surface area contributed by atoms with E-state index in [2.05, 4.69) is 4.98 Å². The van der Waals surface area contributed by atoms with Gasteiger partial charge in [0.05, 0.1) is 17.6 Å². The van der Waals surface area contributed by atoms with Gasteiger partial charge in [0.15, 0.2) is 0 Å². The molecular formula is C9H12ClNO3S. The van der Waals surface area contributed by atoms with Crippen LogP contribution in [0.3, 0.4) is 0 Å². The van der Waals surface area contributed by atoms with Crippen molar-refractivity contribution in [1.82, 2.24) is 4.98 Å². The minimum atomic E-state index is -3.51. The SMILES string of the molecule is COC(C)c1ccc(CS(=O)(=O)Cl)cn1. The molecule has 4 nitrogen and oxygen atoms in total. The van der Waals surface area contributed by atoms with Crippen LogP contribution in [0.15, 0.2) is 18.3 Å². The maximum Gasteiger partial charge on any atom is 0.236 e. The number of hydrogen-bond acceptors (Lipinski definition) is 4. The summed E-state index contributed by atoms with van der Waals surface area (Å²) in [6.07, 6.45) is 1.39. The van der Waals surface area contributed by atoms with E-state index in [0.29, 0.717) is 5.56 Å². The van der Waals surface area contributed by atoms with Crippen molar-refractivity contribution in [1.29, 1.82) is 0 Å². The van der Waals surface area contributed by atoms with Crippen molar-refractivity contribution in [2.75, 3.05) is 7.11 Å². The highest BCUT2D eigenvalue weighted by atomic mass is 35.7. The van der Waals surface area contributed by atoms with Crippen LogP contribution < -0.4 is 0 Å². The molecule has 0 aliphatic heterocycles. The number of halogens is 1. The van der Waals surface area contributed by atoms with Crippen molar-refractivity contribution in [3.63, 3.8) is 0 Å². The minimum absolute atomic E-state index is 0.105. The van der Waals surface area contributed by atoms with Crippen LogP contribution in [0.1, 0.15) is 24.3 Å². The molecule has 1 heterocycles. The largest absolute Gasteiger partial charge is 0.375 e. The highest BCUT2D eigenvalue weighted by Crippen LogP contribution is 2.15. The number of ether oxygens (including phenoxy) is 1. The predicted molar refractivity (Wildman–Crippen MR) is 58.1 cm³/mol. The van der Waals surface area contributed by atoms with Crippen molar-refractivity contribution in [2.45, 2.75) is 18.8 Å². The average molecular weight is 250 g/mol. The third-order valence-electron chi connectivity index (χ3n) is 1.96. The zero-order chi connectivity index (χ0) is 11.5. The Labute approximate surface area is 93.7 Å². The van der Waals surface area contributed by atoms with Gasteiger partial charge >= 0.3 is 0 Å². The fraction of sp³-hybridized carbons (Fsp3) is 0.444. The van der Waals surface area contributed by atoms with E-state index in [0.717, 1.165) is 5.69 Å². The quantitative estimate of drug-likeness (QED) is 0.765. The van der Waals surface area contributed by atoms with Gasteiger partial charge in [-0.2, -0.15) is 0 Å². The Morgan fingerprint density at radius 2 is 2.20 bits per heavy atom. The van der Waals surface area contributed by atoms with Gasteiger partial charge in [-0.15, -0.1) is 0 Å². The number of hydrogen-bond donors (Lipinski definition) is 0. The molecule has 0 amide bonds. The summed E-state index contributed by atoms with van der Waals surface area (Å²) in [5.74, 6) is -0.205. The molecule has 0 spiro atoms. The topological polar surface area (TPSA) is 56.3 Å². The van der Waals surface area contributed by atoms with Gasteiger partial charge in [-0.25, -0.2) is 8.42 Å². The molecule has 0 aliphatic rings. The van der Waals surface area contributed by atoms with Gasteiger partial charge in [0.2, 0.25) is 9.05 Å². The second kappa shape index (κ2) is 4.92. The summed E-state index contributed by atoms with van der Waals surface area (Å²) in [5.41, 5.74) is 1.32. The average Bonchev–Trinajstić information content (AvgIpc) is 2.15. The maximum atomic E-state index is 10.8. The highest BCUT2D eigenvalue weighted by Gasteiger charge is 2.09. The molecule has 1 aromatic rings. The molecule has 0 aliphatic carbocycles. The molecule has 0 radical (unpaired) electrons. The van der Waals surface area contributed by atoms with Crippen molar-refractivity contribution in [3.05, 3.63) is 29.6 Å². The molecule has 0 fully saturated rings. The molecule has 0 saturated heterocycles. The summed E-state index contributed by atoms with van der Waals surface area (Å²) in [4.78, 5) is 4.09. The standard InChI is InChI=1S/C9H12ClNO3S/c1-7(14-2)9-4-3-8(5-11-9)6-15(10,12)13/h3-5,7H,6H2,1-2H3. The number of rotatable bonds is 4. The predicted octanol–water partition coefficient (Wildman–Crippen LogP) is 1.86. The summed E-state index contributed by atoms with van der Waals surface area (Å²) in [6, 6.07) is 3.41. The van der Waals surface area contributed by atoms with Crippen LogP contribution in [-0.2, 0) is 19.5 Å². The number of pyridine rings is 1. The van der Waals surface area contributed by atoms with Crippen LogP contribution >= 0.6 is 10.7 Å². The Bertz CT molecular complexity index is 415. The molecule has 0 aromatic carbocycles. The van der Waals surface area contributed by atoms with Crippen molar-refractivity contribution in [2.24, 2.45) is 0 Å². The number of methoxy groups -OCH3 is 1. The van der Waals surface area contributed by atoms with E-state index in [1.54, 1.807) is 19.2 Å². The summed E-state index contributed by atoms with van der Waals surface area (Å²) in [7, 11) is 3.19. The van der Waals surface area contributed by atoms with Gasteiger partial charge in [-0.1, -0.05) is 6.07 Å². The smallest absolute Gasteiger partial charge is 0.236 e. The van der Waals surface area contributed by atoms with E-state index in [9.17, 15) is 8.42 Å². The zero-order valence-electron chi connectivity index (χ0n) is 8.47. The van der Waals surface area contributed by atoms with E-state index in [1.165, 1.54) is 6.20 Å². The molecule has 0 bridgehead atoms. The molecule has 1 rings (SSSR count). The summed E-state index contributed by atoms with van der Waals surface area (Å²) in [5, 5.41) is 0. The van der Waals surface area contributed by atoms with Gasteiger partial charge in [0, 0.05) is 24.0 Å². The molecule has 1 aromatic heterocycles. The van der Waals surface area contributed by atoms with Crippen molar-refractivity contribution >= 4 is 19.7 Å². The van der Waals surface area contributed by atoms with Gasteiger partial charge in [-0.05, 0) is 18.6 Å². The van der Waals surface area contributed by atoms with Gasteiger partial charge in [-0.3, -0.25) is 4.98 Å². The monoisotopic (exact) mass is 249 g/mol. The van der Waals surface area contributed by atoms with Crippen LogP contribution in [0.4, 0.5) is 0 Å². The van der Waals surface area contributed by atoms with Gasteiger partial charge < -0.3 is 4.74 Å². The van der Waals surface area contributed by atoms with Crippen LogP contribution in [-0.4, -0.2) is 20.5 Å². The first-order valence-electron chi connectivity index (χ1n) is 4.32. The lowest BCUT2D eigenvalue weighted by Gasteiger charge is -2.08. The lowest BCUT2D eigenvalue weighted by atomic mass is 10.2. The molecule has 6 heteroatoms. The second-order valence-electron chi connectivity index (χ2n) is 3.15. The third-order valence-corrected chi connectivity index (χ3v) is 2.96. The maximum absolute atomic E-state index is 10.8. The first kappa shape index (κ1) is 12.4. The van der Waals surface area contributed by atoms with E-state index in [1.807, 2.05) is 6.92 Å². The van der Waals surface area contributed by atoms with Crippen LogP contribution in [0, 0.1) is 0 Å². The van der Waals surface area contributed by atoms with E-state index < -0.39 is 9.05 Å². The normalized spacial score (nSPS) is 13.8. The molecule has 1 atom stereocenters. The first-order valence-corrected chi connectivity index (χ1v) is 6.80. The van der Waals surface area contributed by atoms with Gasteiger partial charge in [0.25, 0.3) is 0 Å². The zero-order valence-corrected chi connectivity index (χ0v) is 10.0. The van der Waals surface area contributed by atoms with Crippen molar-refractivity contribution in [3.8, 4) is 0 Å². The Kier molecular flexibility index (Phi) is 4.07. The van der Waals surface area contributed by atoms with Gasteiger partial charge in [0.1, 0.15) is 0 Å².